The second-order valence-corrected chi connectivity index (χ2v) is 3.85. The van der Waals surface area contributed by atoms with E-state index in [9.17, 15) is 9.90 Å². The standard InChI is InChI=1S/C10H13N3O2/c14-9(15)10(2-5-11-7-10)6-8-12-3-1-4-13-8/h1,3-4,11H,2,5-7H2,(H,14,15). The molecule has 80 valence electrons. The van der Waals surface area contributed by atoms with Crippen molar-refractivity contribution < 1.29 is 9.90 Å². The second kappa shape index (κ2) is 3.94. The van der Waals surface area contributed by atoms with Crippen molar-refractivity contribution in [2.45, 2.75) is 12.8 Å². The van der Waals surface area contributed by atoms with E-state index in [1.165, 1.54) is 0 Å². The smallest absolute Gasteiger partial charge is 0.311 e. The van der Waals surface area contributed by atoms with Gasteiger partial charge in [0.2, 0.25) is 0 Å². The summed E-state index contributed by atoms with van der Waals surface area (Å²) in [4.78, 5) is 19.4. The first-order chi connectivity index (χ1) is 7.23. The highest BCUT2D eigenvalue weighted by Gasteiger charge is 2.42. The fraction of sp³-hybridized carbons (Fsp3) is 0.500. The van der Waals surface area contributed by atoms with E-state index < -0.39 is 11.4 Å². The minimum Gasteiger partial charge on any atom is -0.481 e. The number of nitrogens with one attached hydrogen (secondary N) is 1. The first kappa shape index (κ1) is 10.0. The Hall–Kier alpha value is -1.49. The van der Waals surface area contributed by atoms with Crippen LogP contribution in [-0.4, -0.2) is 34.1 Å². The number of carboxylic acids is 1. The molecule has 2 rings (SSSR count). The number of carbonyl (C=O) groups is 1. The molecule has 1 fully saturated rings. The highest BCUT2D eigenvalue weighted by Crippen LogP contribution is 2.29. The molecule has 1 aromatic heterocycles. The highest BCUT2D eigenvalue weighted by molar-refractivity contribution is 5.75. The van der Waals surface area contributed by atoms with Crippen LogP contribution in [0.15, 0.2) is 18.5 Å². The molecular formula is C10H13N3O2. The molecule has 0 saturated carbocycles. The van der Waals surface area contributed by atoms with Gasteiger partial charge < -0.3 is 10.4 Å². The number of hydrogen-bond donors (Lipinski definition) is 2. The average molecular weight is 207 g/mol. The first-order valence-electron chi connectivity index (χ1n) is 4.93. The Balaban J connectivity index is 2.18. The molecular weight excluding hydrogens is 194 g/mol. The van der Waals surface area contributed by atoms with E-state index in [1.54, 1.807) is 18.5 Å². The topological polar surface area (TPSA) is 75.1 Å². The average Bonchev–Trinajstić information content (AvgIpc) is 2.69. The first-order valence-corrected chi connectivity index (χ1v) is 4.93. The van der Waals surface area contributed by atoms with Crippen LogP contribution in [0.4, 0.5) is 0 Å². The number of hydrogen-bond acceptors (Lipinski definition) is 4. The second-order valence-electron chi connectivity index (χ2n) is 3.85. The lowest BCUT2D eigenvalue weighted by molar-refractivity contribution is -0.147. The van der Waals surface area contributed by atoms with E-state index in [2.05, 4.69) is 15.3 Å². The van der Waals surface area contributed by atoms with E-state index in [-0.39, 0.29) is 0 Å². The molecule has 2 heterocycles. The lowest BCUT2D eigenvalue weighted by Gasteiger charge is -2.21. The fourth-order valence-corrected chi connectivity index (χ4v) is 1.88. The van der Waals surface area contributed by atoms with E-state index in [4.69, 9.17) is 0 Å². The zero-order valence-corrected chi connectivity index (χ0v) is 8.31. The number of aliphatic carboxylic acids is 1. The van der Waals surface area contributed by atoms with Gasteiger partial charge in [0, 0.05) is 25.4 Å². The minimum absolute atomic E-state index is 0.399. The Bertz CT molecular complexity index is 347. The summed E-state index contributed by atoms with van der Waals surface area (Å²) in [5.41, 5.74) is -0.721. The maximum absolute atomic E-state index is 11.2. The van der Waals surface area contributed by atoms with Crippen molar-refractivity contribution in [1.82, 2.24) is 15.3 Å². The van der Waals surface area contributed by atoms with Crippen molar-refractivity contribution in [3.8, 4) is 0 Å². The fourth-order valence-electron chi connectivity index (χ4n) is 1.88. The van der Waals surface area contributed by atoms with Gasteiger partial charge in [0.15, 0.2) is 0 Å². The van der Waals surface area contributed by atoms with Gasteiger partial charge in [0.05, 0.1) is 5.41 Å². The quantitative estimate of drug-likeness (QED) is 0.734. The predicted molar refractivity (Wildman–Crippen MR) is 53.3 cm³/mol. The maximum Gasteiger partial charge on any atom is 0.311 e. The van der Waals surface area contributed by atoms with E-state index in [0.717, 1.165) is 6.54 Å². The third-order valence-electron chi connectivity index (χ3n) is 2.81. The Labute approximate surface area is 87.6 Å². The van der Waals surface area contributed by atoms with Crippen LogP contribution in [0.2, 0.25) is 0 Å². The maximum atomic E-state index is 11.2. The van der Waals surface area contributed by atoms with Crippen molar-refractivity contribution in [2.75, 3.05) is 13.1 Å². The summed E-state index contributed by atoms with van der Waals surface area (Å²) in [5, 5.41) is 12.3. The van der Waals surface area contributed by atoms with Crippen LogP contribution in [0.5, 0.6) is 0 Å². The minimum atomic E-state index is -0.764. The molecule has 1 saturated heterocycles. The molecule has 1 aromatic rings. The SMILES string of the molecule is O=C(O)C1(Cc2ncccn2)CCNC1. The summed E-state index contributed by atoms with van der Waals surface area (Å²) < 4.78 is 0. The molecule has 0 amide bonds. The van der Waals surface area contributed by atoms with Crippen molar-refractivity contribution in [1.29, 1.82) is 0 Å². The van der Waals surface area contributed by atoms with Gasteiger partial charge >= 0.3 is 5.97 Å². The number of aromatic nitrogens is 2. The van der Waals surface area contributed by atoms with E-state index in [1.807, 2.05) is 0 Å². The van der Waals surface area contributed by atoms with Crippen LogP contribution >= 0.6 is 0 Å². The van der Waals surface area contributed by atoms with Crippen LogP contribution in [0.3, 0.4) is 0 Å². The third-order valence-corrected chi connectivity index (χ3v) is 2.81. The van der Waals surface area contributed by atoms with Gasteiger partial charge in [-0.1, -0.05) is 0 Å². The summed E-state index contributed by atoms with van der Waals surface area (Å²) in [6.07, 6.45) is 4.32. The Morgan fingerprint density at radius 3 is 2.80 bits per heavy atom. The largest absolute Gasteiger partial charge is 0.481 e. The lowest BCUT2D eigenvalue weighted by atomic mass is 9.83. The molecule has 5 heteroatoms. The molecule has 0 radical (unpaired) electrons. The van der Waals surface area contributed by atoms with Crippen molar-refractivity contribution >= 4 is 5.97 Å². The van der Waals surface area contributed by atoms with Crippen molar-refractivity contribution in [2.24, 2.45) is 5.41 Å². The van der Waals surface area contributed by atoms with Gasteiger partial charge in [0.25, 0.3) is 0 Å². The monoisotopic (exact) mass is 207 g/mol. The third kappa shape index (κ3) is 1.97. The van der Waals surface area contributed by atoms with E-state index in [0.29, 0.717) is 25.2 Å². The molecule has 2 N–H and O–H groups in total. The summed E-state index contributed by atoms with van der Waals surface area (Å²) in [6, 6.07) is 1.73. The summed E-state index contributed by atoms with van der Waals surface area (Å²) in [5.74, 6) is -0.163. The highest BCUT2D eigenvalue weighted by atomic mass is 16.4. The van der Waals surface area contributed by atoms with Gasteiger partial charge in [-0.2, -0.15) is 0 Å². The van der Waals surface area contributed by atoms with Gasteiger partial charge in [-0.15, -0.1) is 0 Å². The number of nitrogens with zero attached hydrogens (tertiary/aromatic N) is 2. The van der Waals surface area contributed by atoms with Gasteiger partial charge in [-0.05, 0) is 19.0 Å². The Kier molecular flexibility index (Phi) is 2.64. The molecule has 1 aliphatic rings. The molecule has 5 nitrogen and oxygen atoms in total. The molecule has 0 aliphatic carbocycles. The molecule has 0 aromatic carbocycles. The van der Waals surface area contributed by atoms with Crippen LogP contribution in [0, 0.1) is 5.41 Å². The summed E-state index contributed by atoms with van der Waals surface area (Å²) in [6.45, 7) is 1.25. The van der Waals surface area contributed by atoms with E-state index >= 15 is 0 Å². The number of carboxylic acid groups (broad SMARTS) is 1. The van der Waals surface area contributed by atoms with Crippen LogP contribution in [0.25, 0.3) is 0 Å². The molecule has 1 aliphatic heterocycles. The molecule has 1 atom stereocenters. The molecule has 0 bridgehead atoms. The predicted octanol–water partition coefficient (Wildman–Crippen LogP) is 0.0834. The number of rotatable bonds is 3. The van der Waals surface area contributed by atoms with Crippen LogP contribution in [0.1, 0.15) is 12.2 Å². The zero-order valence-electron chi connectivity index (χ0n) is 8.31. The lowest BCUT2D eigenvalue weighted by Crippen LogP contribution is -2.36. The summed E-state index contributed by atoms with van der Waals surface area (Å²) >= 11 is 0. The van der Waals surface area contributed by atoms with Gasteiger partial charge in [0.1, 0.15) is 5.82 Å². The van der Waals surface area contributed by atoms with Gasteiger partial charge in [-0.25, -0.2) is 9.97 Å². The zero-order chi connectivity index (χ0) is 10.7. The van der Waals surface area contributed by atoms with Crippen molar-refractivity contribution in [3.05, 3.63) is 24.3 Å². The Morgan fingerprint density at radius 2 is 2.27 bits per heavy atom. The van der Waals surface area contributed by atoms with Gasteiger partial charge in [-0.3, -0.25) is 4.79 Å². The summed E-state index contributed by atoms with van der Waals surface area (Å²) in [7, 11) is 0. The van der Waals surface area contributed by atoms with Crippen molar-refractivity contribution in [3.63, 3.8) is 0 Å². The van der Waals surface area contributed by atoms with Crippen LogP contribution in [-0.2, 0) is 11.2 Å². The molecule has 0 spiro atoms. The Morgan fingerprint density at radius 1 is 1.53 bits per heavy atom. The molecule has 1 unspecified atom stereocenters. The van der Waals surface area contributed by atoms with Crippen LogP contribution < -0.4 is 5.32 Å². The molecule has 15 heavy (non-hydrogen) atoms. The normalized spacial score (nSPS) is 25.3.